The minimum atomic E-state index is -0.393. The molecule has 4 heteroatoms. The summed E-state index contributed by atoms with van der Waals surface area (Å²) in [4.78, 5) is 0. The van der Waals surface area contributed by atoms with Crippen molar-refractivity contribution in [3.63, 3.8) is 0 Å². The predicted octanol–water partition coefficient (Wildman–Crippen LogP) is 3.30. The van der Waals surface area contributed by atoms with Crippen molar-refractivity contribution in [3.8, 4) is 0 Å². The highest BCUT2D eigenvalue weighted by Gasteiger charge is 2.36. The van der Waals surface area contributed by atoms with Gasteiger partial charge >= 0.3 is 0 Å². The normalized spacial score (nSPS) is 18.0. The van der Waals surface area contributed by atoms with Crippen LogP contribution in [0.25, 0.3) is 0 Å². The Kier molecular flexibility index (Phi) is 5.49. The zero-order valence-electron chi connectivity index (χ0n) is 12.2. The molecule has 0 saturated heterocycles. The van der Waals surface area contributed by atoms with Crippen molar-refractivity contribution in [2.24, 2.45) is 5.92 Å². The Bertz CT molecular complexity index is 434. The molecule has 2 atom stereocenters. The second-order valence-electron chi connectivity index (χ2n) is 5.54. The van der Waals surface area contributed by atoms with Gasteiger partial charge in [0.25, 0.3) is 0 Å². The maximum Gasteiger partial charge on any atom is 0.126 e. The van der Waals surface area contributed by atoms with Gasteiger partial charge in [0.1, 0.15) is 11.6 Å². The Balaban J connectivity index is 2.11. The maximum absolute atomic E-state index is 13.8. The molecule has 2 unspecified atom stereocenters. The van der Waals surface area contributed by atoms with Crippen LogP contribution in [-0.2, 0) is 11.2 Å². The molecule has 2 nitrogen and oxygen atoms in total. The third kappa shape index (κ3) is 4.00. The van der Waals surface area contributed by atoms with Crippen molar-refractivity contribution in [2.75, 3.05) is 13.7 Å². The SMILES string of the molecule is CCCNC(Cc1cc(F)ccc1F)C(OC)C1CC1. The Hall–Kier alpha value is -1.00. The summed E-state index contributed by atoms with van der Waals surface area (Å²) in [6.07, 6.45) is 3.86. The number of benzene rings is 1. The smallest absolute Gasteiger partial charge is 0.126 e. The van der Waals surface area contributed by atoms with Crippen molar-refractivity contribution in [1.82, 2.24) is 5.32 Å². The predicted molar refractivity (Wildman–Crippen MR) is 75.7 cm³/mol. The molecule has 1 aliphatic carbocycles. The Morgan fingerprint density at radius 1 is 1.35 bits per heavy atom. The van der Waals surface area contributed by atoms with Gasteiger partial charge in [-0.3, -0.25) is 0 Å². The number of hydrogen-bond acceptors (Lipinski definition) is 2. The van der Waals surface area contributed by atoms with E-state index in [4.69, 9.17) is 4.74 Å². The van der Waals surface area contributed by atoms with Crippen LogP contribution in [0.4, 0.5) is 8.78 Å². The summed E-state index contributed by atoms with van der Waals surface area (Å²) in [6.45, 7) is 2.94. The molecule has 1 aliphatic rings. The quantitative estimate of drug-likeness (QED) is 0.790. The molecule has 20 heavy (non-hydrogen) atoms. The van der Waals surface area contributed by atoms with Gasteiger partial charge in [-0.1, -0.05) is 6.92 Å². The molecule has 2 rings (SSSR count). The first-order chi connectivity index (χ1) is 9.65. The number of hydrogen-bond donors (Lipinski definition) is 1. The number of methoxy groups -OCH3 is 1. The third-order valence-electron chi connectivity index (χ3n) is 3.86. The molecule has 1 aromatic carbocycles. The fraction of sp³-hybridized carbons (Fsp3) is 0.625. The van der Waals surface area contributed by atoms with Crippen molar-refractivity contribution >= 4 is 0 Å². The zero-order chi connectivity index (χ0) is 14.5. The molecule has 1 fully saturated rings. The van der Waals surface area contributed by atoms with E-state index in [1.54, 1.807) is 7.11 Å². The number of rotatable bonds is 8. The maximum atomic E-state index is 13.8. The second kappa shape index (κ2) is 7.14. The molecule has 0 bridgehead atoms. The van der Waals surface area contributed by atoms with E-state index in [-0.39, 0.29) is 18.0 Å². The third-order valence-corrected chi connectivity index (χ3v) is 3.86. The van der Waals surface area contributed by atoms with Gasteiger partial charge in [0.05, 0.1) is 6.10 Å². The monoisotopic (exact) mass is 283 g/mol. The fourth-order valence-corrected chi connectivity index (χ4v) is 2.68. The lowest BCUT2D eigenvalue weighted by molar-refractivity contribution is 0.0508. The summed E-state index contributed by atoms with van der Waals surface area (Å²) in [5, 5.41) is 3.42. The van der Waals surface area contributed by atoms with Crippen LogP contribution in [0, 0.1) is 17.6 Å². The fourth-order valence-electron chi connectivity index (χ4n) is 2.68. The Labute approximate surface area is 119 Å². The van der Waals surface area contributed by atoms with Crippen molar-refractivity contribution in [2.45, 2.75) is 44.8 Å². The largest absolute Gasteiger partial charge is 0.380 e. The molecule has 0 spiro atoms. The Morgan fingerprint density at radius 3 is 2.70 bits per heavy atom. The van der Waals surface area contributed by atoms with Crippen LogP contribution in [0.2, 0.25) is 0 Å². The van der Waals surface area contributed by atoms with Gasteiger partial charge in [-0.2, -0.15) is 0 Å². The van der Waals surface area contributed by atoms with Crippen LogP contribution in [0.5, 0.6) is 0 Å². The topological polar surface area (TPSA) is 21.3 Å². The van der Waals surface area contributed by atoms with Crippen LogP contribution < -0.4 is 5.32 Å². The van der Waals surface area contributed by atoms with Gasteiger partial charge in [0.2, 0.25) is 0 Å². The number of ether oxygens (including phenoxy) is 1. The first-order valence-electron chi connectivity index (χ1n) is 7.35. The van der Waals surface area contributed by atoms with Gasteiger partial charge in [0, 0.05) is 13.2 Å². The molecule has 0 aromatic heterocycles. The van der Waals surface area contributed by atoms with E-state index < -0.39 is 5.82 Å². The van der Waals surface area contributed by atoms with Crippen LogP contribution >= 0.6 is 0 Å². The Morgan fingerprint density at radius 2 is 2.10 bits per heavy atom. The summed E-state index contributed by atoms with van der Waals surface area (Å²) >= 11 is 0. The van der Waals surface area contributed by atoms with E-state index in [1.807, 2.05) is 0 Å². The molecule has 0 aliphatic heterocycles. The van der Waals surface area contributed by atoms with E-state index >= 15 is 0 Å². The summed E-state index contributed by atoms with van der Waals surface area (Å²) in [7, 11) is 1.70. The van der Waals surface area contributed by atoms with Crippen LogP contribution in [0.3, 0.4) is 0 Å². The van der Waals surface area contributed by atoms with E-state index in [0.717, 1.165) is 31.9 Å². The van der Waals surface area contributed by atoms with Gasteiger partial charge < -0.3 is 10.1 Å². The minimum absolute atomic E-state index is 0.0312. The van der Waals surface area contributed by atoms with Crippen molar-refractivity contribution < 1.29 is 13.5 Å². The van der Waals surface area contributed by atoms with E-state index in [1.165, 1.54) is 12.1 Å². The summed E-state index contributed by atoms with van der Waals surface area (Å²) < 4.78 is 32.7. The highest BCUT2D eigenvalue weighted by molar-refractivity contribution is 5.20. The molecule has 1 aromatic rings. The molecule has 1 saturated carbocycles. The molecule has 0 heterocycles. The number of halogens is 2. The molecular weight excluding hydrogens is 260 g/mol. The molecule has 1 N–H and O–H groups in total. The average Bonchev–Trinajstić information content (AvgIpc) is 3.25. The van der Waals surface area contributed by atoms with E-state index in [0.29, 0.717) is 17.9 Å². The van der Waals surface area contributed by atoms with Crippen LogP contribution in [0.15, 0.2) is 18.2 Å². The lowest BCUT2D eigenvalue weighted by Gasteiger charge is -2.27. The van der Waals surface area contributed by atoms with Gasteiger partial charge in [-0.15, -0.1) is 0 Å². The second-order valence-corrected chi connectivity index (χ2v) is 5.54. The number of nitrogens with one attached hydrogen (secondary N) is 1. The van der Waals surface area contributed by atoms with Crippen LogP contribution in [-0.4, -0.2) is 25.8 Å². The summed E-state index contributed by atoms with van der Waals surface area (Å²) in [5.74, 6) is -0.192. The van der Waals surface area contributed by atoms with Gasteiger partial charge in [-0.05, 0) is 61.9 Å². The van der Waals surface area contributed by atoms with Gasteiger partial charge in [-0.25, -0.2) is 8.78 Å². The summed E-state index contributed by atoms with van der Waals surface area (Å²) in [5.41, 5.74) is 0.418. The van der Waals surface area contributed by atoms with Crippen molar-refractivity contribution in [1.29, 1.82) is 0 Å². The highest BCUT2D eigenvalue weighted by atomic mass is 19.1. The lowest BCUT2D eigenvalue weighted by atomic mass is 9.97. The average molecular weight is 283 g/mol. The molecule has 0 amide bonds. The minimum Gasteiger partial charge on any atom is -0.380 e. The zero-order valence-corrected chi connectivity index (χ0v) is 12.2. The first kappa shape index (κ1) is 15.4. The van der Waals surface area contributed by atoms with E-state index in [9.17, 15) is 8.78 Å². The highest BCUT2D eigenvalue weighted by Crippen LogP contribution is 2.36. The molecular formula is C16H23F2NO. The molecule has 0 radical (unpaired) electrons. The van der Waals surface area contributed by atoms with E-state index in [2.05, 4.69) is 12.2 Å². The lowest BCUT2D eigenvalue weighted by Crippen LogP contribution is -2.44. The first-order valence-corrected chi connectivity index (χ1v) is 7.35. The molecule has 112 valence electrons. The standard InChI is InChI=1S/C16H23F2NO/c1-3-8-19-15(16(20-2)11-4-5-11)10-12-9-13(17)6-7-14(12)18/h6-7,9,11,15-16,19H,3-5,8,10H2,1-2H3. The van der Waals surface area contributed by atoms with Gasteiger partial charge in [0.15, 0.2) is 0 Å². The van der Waals surface area contributed by atoms with Crippen LogP contribution in [0.1, 0.15) is 31.7 Å². The summed E-state index contributed by atoms with van der Waals surface area (Å²) in [6, 6.07) is 3.67. The van der Waals surface area contributed by atoms with Crippen molar-refractivity contribution in [3.05, 3.63) is 35.4 Å².